The van der Waals surface area contributed by atoms with Crippen molar-refractivity contribution in [2.45, 2.75) is 11.1 Å². The molecule has 0 bridgehead atoms. The second kappa shape index (κ2) is 7.62. The molecule has 6 nitrogen and oxygen atoms in total. The van der Waals surface area contributed by atoms with Gasteiger partial charge in [0.15, 0.2) is 9.84 Å². The molecule has 3 rings (SSSR count). The molecule has 2 heterocycles. The summed E-state index contributed by atoms with van der Waals surface area (Å²) < 4.78 is 75.3. The summed E-state index contributed by atoms with van der Waals surface area (Å²) in [4.78, 5) is 19.4. The molecule has 156 valence electrons. The van der Waals surface area contributed by atoms with Crippen LogP contribution in [0.25, 0.3) is 0 Å². The minimum atomic E-state index is -4.47. The number of pyridine rings is 1. The number of halogens is 4. The van der Waals surface area contributed by atoms with Crippen molar-refractivity contribution in [1.82, 2.24) is 9.88 Å². The van der Waals surface area contributed by atoms with Gasteiger partial charge in [-0.25, -0.2) is 17.8 Å². The number of anilines is 1. The Labute approximate surface area is 164 Å². The van der Waals surface area contributed by atoms with Crippen molar-refractivity contribution in [3.8, 4) is 0 Å². The Kier molecular flexibility index (Phi) is 5.52. The Morgan fingerprint density at radius 1 is 1.07 bits per heavy atom. The zero-order valence-electron chi connectivity index (χ0n) is 15.3. The van der Waals surface area contributed by atoms with Gasteiger partial charge < -0.3 is 9.80 Å². The molecule has 11 heteroatoms. The van der Waals surface area contributed by atoms with E-state index in [0.29, 0.717) is 5.82 Å². The Balaban J connectivity index is 1.70. The molecule has 0 unspecified atom stereocenters. The third-order valence-corrected chi connectivity index (χ3v) is 5.67. The Morgan fingerprint density at radius 3 is 2.24 bits per heavy atom. The number of alkyl halides is 3. The van der Waals surface area contributed by atoms with Gasteiger partial charge in [0, 0.05) is 38.6 Å². The van der Waals surface area contributed by atoms with Crippen molar-refractivity contribution in [3.63, 3.8) is 0 Å². The van der Waals surface area contributed by atoms with E-state index >= 15 is 0 Å². The van der Waals surface area contributed by atoms with E-state index in [0.717, 1.165) is 36.7 Å². The summed E-state index contributed by atoms with van der Waals surface area (Å²) in [5.74, 6) is -1.13. The second-order valence-electron chi connectivity index (χ2n) is 6.60. The van der Waals surface area contributed by atoms with Crippen LogP contribution in [0.15, 0.2) is 41.4 Å². The van der Waals surface area contributed by atoms with Crippen LogP contribution in [0.3, 0.4) is 0 Å². The number of aromatic nitrogens is 1. The van der Waals surface area contributed by atoms with E-state index in [-0.39, 0.29) is 36.6 Å². The van der Waals surface area contributed by atoms with Gasteiger partial charge in [-0.3, -0.25) is 4.79 Å². The van der Waals surface area contributed by atoms with E-state index in [1.807, 2.05) is 0 Å². The lowest BCUT2D eigenvalue weighted by atomic mass is 10.1. The summed E-state index contributed by atoms with van der Waals surface area (Å²) >= 11 is 0. The molecular weight excluding hydrogens is 414 g/mol. The predicted octanol–water partition coefficient (Wildman–Crippen LogP) is 2.61. The van der Waals surface area contributed by atoms with Crippen LogP contribution in [0.4, 0.5) is 23.4 Å². The molecule has 2 aromatic rings. The topological polar surface area (TPSA) is 70.6 Å². The van der Waals surface area contributed by atoms with Gasteiger partial charge >= 0.3 is 6.18 Å². The van der Waals surface area contributed by atoms with Gasteiger partial charge in [0.2, 0.25) is 0 Å². The summed E-state index contributed by atoms with van der Waals surface area (Å²) in [6.45, 7) is 0.948. The number of amides is 1. The first-order chi connectivity index (χ1) is 13.5. The van der Waals surface area contributed by atoms with Crippen molar-refractivity contribution in [2.75, 3.05) is 37.3 Å². The molecule has 0 atom stereocenters. The summed E-state index contributed by atoms with van der Waals surface area (Å²) in [6.07, 6.45) is -2.76. The van der Waals surface area contributed by atoms with Gasteiger partial charge in [0.1, 0.15) is 11.6 Å². The zero-order chi connectivity index (χ0) is 21.4. The Hall–Kier alpha value is -2.69. The molecule has 0 radical (unpaired) electrons. The molecule has 1 fully saturated rings. The number of piperazine rings is 1. The summed E-state index contributed by atoms with van der Waals surface area (Å²) in [6, 6.07) is 5.24. The number of hydrogen-bond donors (Lipinski definition) is 0. The van der Waals surface area contributed by atoms with Crippen molar-refractivity contribution < 1.29 is 30.8 Å². The summed E-state index contributed by atoms with van der Waals surface area (Å²) in [7, 11) is -3.60. The van der Waals surface area contributed by atoms with Crippen molar-refractivity contribution in [3.05, 3.63) is 53.5 Å². The van der Waals surface area contributed by atoms with E-state index in [4.69, 9.17) is 0 Å². The van der Waals surface area contributed by atoms with Crippen LogP contribution >= 0.6 is 0 Å². The van der Waals surface area contributed by atoms with Crippen molar-refractivity contribution in [1.29, 1.82) is 0 Å². The monoisotopic (exact) mass is 431 g/mol. The maximum atomic E-state index is 14.1. The van der Waals surface area contributed by atoms with Crippen LogP contribution in [0.5, 0.6) is 0 Å². The van der Waals surface area contributed by atoms with Crippen LogP contribution in [0.1, 0.15) is 15.9 Å². The maximum Gasteiger partial charge on any atom is 0.417 e. The van der Waals surface area contributed by atoms with E-state index in [2.05, 4.69) is 4.98 Å². The zero-order valence-corrected chi connectivity index (χ0v) is 16.1. The predicted molar refractivity (Wildman–Crippen MR) is 96.9 cm³/mol. The van der Waals surface area contributed by atoms with Gasteiger partial charge in [-0.1, -0.05) is 0 Å². The van der Waals surface area contributed by atoms with E-state index in [1.165, 1.54) is 11.0 Å². The van der Waals surface area contributed by atoms with E-state index in [1.54, 1.807) is 4.90 Å². The Morgan fingerprint density at radius 2 is 1.72 bits per heavy atom. The fourth-order valence-corrected chi connectivity index (χ4v) is 3.60. The number of rotatable bonds is 3. The summed E-state index contributed by atoms with van der Waals surface area (Å²) in [5.41, 5.74) is -1.19. The average Bonchev–Trinajstić information content (AvgIpc) is 2.66. The molecular formula is C18H17F4N3O3S. The molecule has 29 heavy (non-hydrogen) atoms. The number of carbonyl (C=O) groups excluding carboxylic acids is 1. The lowest BCUT2D eigenvalue weighted by Crippen LogP contribution is -2.49. The number of nitrogens with zero attached hydrogens (tertiary/aromatic N) is 3. The van der Waals surface area contributed by atoms with Crippen LogP contribution in [-0.2, 0) is 16.0 Å². The molecule has 1 saturated heterocycles. The average molecular weight is 431 g/mol. The largest absolute Gasteiger partial charge is 0.417 e. The van der Waals surface area contributed by atoms with Crippen LogP contribution in [0.2, 0.25) is 0 Å². The third-order valence-electron chi connectivity index (χ3n) is 4.56. The number of benzene rings is 1. The van der Waals surface area contributed by atoms with Crippen LogP contribution < -0.4 is 4.90 Å². The minimum absolute atomic E-state index is 0.158. The standard InChI is InChI=1S/C18H17F4N3O3S/c1-29(27,28)13-3-4-15(19)14(10-13)17(26)25-8-6-24(7-9-25)16-5-2-12(11-23-16)18(20,21)22/h2-5,10-11H,6-9H2,1H3. The summed E-state index contributed by atoms with van der Waals surface area (Å²) in [5, 5.41) is 0. The SMILES string of the molecule is CS(=O)(=O)c1ccc(F)c(C(=O)N2CCN(c3ccc(C(F)(F)F)cn3)CC2)c1. The first-order valence-electron chi connectivity index (χ1n) is 8.54. The van der Waals surface area contributed by atoms with Gasteiger partial charge in [-0.2, -0.15) is 13.2 Å². The number of sulfone groups is 1. The fraction of sp³-hybridized carbons (Fsp3) is 0.333. The van der Waals surface area contributed by atoms with Gasteiger partial charge in [-0.05, 0) is 30.3 Å². The minimum Gasteiger partial charge on any atom is -0.353 e. The third kappa shape index (κ3) is 4.66. The molecule has 1 aliphatic rings. The van der Waals surface area contributed by atoms with E-state index < -0.39 is 33.3 Å². The lowest BCUT2D eigenvalue weighted by Gasteiger charge is -2.35. The van der Waals surface area contributed by atoms with Crippen molar-refractivity contribution >= 4 is 21.6 Å². The fourth-order valence-electron chi connectivity index (χ4n) is 2.95. The van der Waals surface area contributed by atoms with Gasteiger partial charge in [0.05, 0.1) is 16.0 Å². The number of hydrogen-bond acceptors (Lipinski definition) is 5. The molecule has 1 aromatic heterocycles. The Bertz CT molecular complexity index is 1020. The normalized spacial score (nSPS) is 15.5. The van der Waals surface area contributed by atoms with Crippen molar-refractivity contribution in [2.24, 2.45) is 0 Å². The molecule has 0 saturated carbocycles. The highest BCUT2D eigenvalue weighted by Gasteiger charge is 2.31. The first-order valence-corrected chi connectivity index (χ1v) is 10.4. The molecule has 0 aliphatic carbocycles. The second-order valence-corrected chi connectivity index (χ2v) is 8.61. The molecule has 0 N–H and O–H groups in total. The first kappa shape index (κ1) is 21.0. The molecule has 1 aliphatic heterocycles. The van der Waals surface area contributed by atoms with Crippen LogP contribution in [0, 0.1) is 5.82 Å². The van der Waals surface area contributed by atoms with E-state index in [9.17, 15) is 30.8 Å². The lowest BCUT2D eigenvalue weighted by molar-refractivity contribution is -0.137. The smallest absolute Gasteiger partial charge is 0.353 e. The number of carbonyl (C=O) groups is 1. The maximum absolute atomic E-state index is 14.1. The highest BCUT2D eigenvalue weighted by Crippen LogP contribution is 2.29. The van der Waals surface area contributed by atoms with Gasteiger partial charge in [-0.15, -0.1) is 0 Å². The molecule has 1 amide bonds. The molecule has 1 aromatic carbocycles. The highest BCUT2D eigenvalue weighted by molar-refractivity contribution is 7.90. The quantitative estimate of drug-likeness (QED) is 0.552. The van der Waals surface area contributed by atoms with Gasteiger partial charge in [0.25, 0.3) is 5.91 Å². The highest BCUT2D eigenvalue weighted by atomic mass is 32.2. The van der Waals surface area contributed by atoms with Crippen LogP contribution in [-0.4, -0.2) is 56.6 Å². The molecule has 0 spiro atoms.